The van der Waals surface area contributed by atoms with Gasteiger partial charge in [-0.3, -0.25) is 9.59 Å². The predicted molar refractivity (Wildman–Crippen MR) is 78.5 cm³/mol. The van der Waals surface area contributed by atoms with Crippen molar-refractivity contribution in [3.05, 3.63) is 24.0 Å². The summed E-state index contributed by atoms with van der Waals surface area (Å²) < 4.78 is 13.3. The van der Waals surface area contributed by atoms with E-state index in [2.05, 4.69) is 0 Å². The van der Waals surface area contributed by atoms with Gasteiger partial charge in [0, 0.05) is 18.0 Å². The van der Waals surface area contributed by atoms with E-state index in [1.54, 1.807) is 11.0 Å². The van der Waals surface area contributed by atoms with Crippen LogP contribution in [0.2, 0.25) is 0 Å². The van der Waals surface area contributed by atoms with Crippen molar-refractivity contribution in [1.29, 1.82) is 0 Å². The number of anilines is 1. The number of nitrogens with two attached hydrogens (primary N) is 1. The first-order valence-electron chi connectivity index (χ1n) is 6.66. The predicted octanol–water partition coefficient (Wildman–Crippen LogP) is 1.82. The molecule has 21 heavy (non-hydrogen) atoms. The highest BCUT2D eigenvalue weighted by molar-refractivity contribution is 8.00. The fourth-order valence-electron chi connectivity index (χ4n) is 2.21. The quantitative estimate of drug-likeness (QED) is 0.654. The van der Waals surface area contributed by atoms with Crippen LogP contribution < -0.4 is 5.73 Å². The molecule has 7 heteroatoms. The van der Waals surface area contributed by atoms with Crippen molar-refractivity contribution in [2.75, 3.05) is 24.6 Å². The van der Waals surface area contributed by atoms with Crippen molar-refractivity contribution in [3.63, 3.8) is 0 Å². The molecular formula is C14H17FN2O3S. The number of rotatable bonds is 4. The largest absolute Gasteiger partial charge is 0.481 e. The van der Waals surface area contributed by atoms with Crippen LogP contribution in [-0.2, 0) is 9.59 Å². The average molecular weight is 312 g/mol. The molecule has 1 aliphatic rings. The summed E-state index contributed by atoms with van der Waals surface area (Å²) in [5, 5.41) is 8.91. The fraction of sp³-hybridized carbons (Fsp3) is 0.429. The van der Waals surface area contributed by atoms with Gasteiger partial charge >= 0.3 is 5.97 Å². The molecule has 1 saturated heterocycles. The number of aliphatic carboxylic acids is 1. The second-order valence-electron chi connectivity index (χ2n) is 4.97. The highest BCUT2D eigenvalue weighted by Gasteiger charge is 2.26. The van der Waals surface area contributed by atoms with Gasteiger partial charge in [0.1, 0.15) is 5.82 Å². The first-order chi connectivity index (χ1) is 9.97. The molecule has 1 heterocycles. The highest BCUT2D eigenvalue weighted by atomic mass is 32.2. The van der Waals surface area contributed by atoms with E-state index >= 15 is 0 Å². The third-order valence-corrected chi connectivity index (χ3v) is 4.51. The summed E-state index contributed by atoms with van der Waals surface area (Å²) in [6, 6.07) is 4.46. The van der Waals surface area contributed by atoms with E-state index in [4.69, 9.17) is 10.8 Å². The maximum Gasteiger partial charge on any atom is 0.306 e. The third kappa shape index (κ3) is 4.10. The zero-order chi connectivity index (χ0) is 15.4. The Hall–Kier alpha value is -1.76. The van der Waals surface area contributed by atoms with Gasteiger partial charge in [-0.1, -0.05) is 0 Å². The van der Waals surface area contributed by atoms with Crippen LogP contribution in [0.25, 0.3) is 0 Å². The van der Waals surface area contributed by atoms with Crippen LogP contribution in [0, 0.1) is 11.7 Å². The Morgan fingerprint density at radius 3 is 2.62 bits per heavy atom. The number of nitrogens with zero attached hydrogens (tertiary/aromatic N) is 1. The van der Waals surface area contributed by atoms with E-state index < -0.39 is 11.8 Å². The molecule has 0 spiro atoms. The molecule has 1 aromatic carbocycles. The highest BCUT2D eigenvalue weighted by Crippen LogP contribution is 2.23. The van der Waals surface area contributed by atoms with Gasteiger partial charge in [0.2, 0.25) is 5.91 Å². The minimum atomic E-state index is -0.797. The summed E-state index contributed by atoms with van der Waals surface area (Å²) in [6.07, 6.45) is 0.977. The molecule has 1 aliphatic heterocycles. The molecule has 0 bridgehead atoms. The number of carbonyl (C=O) groups excluding carboxylic acids is 1. The van der Waals surface area contributed by atoms with E-state index in [9.17, 15) is 14.0 Å². The lowest BCUT2D eigenvalue weighted by Crippen LogP contribution is -2.41. The van der Waals surface area contributed by atoms with Gasteiger partial charge in [-0.25, -0.2) is 4.39 Å². The average Bonchev–Trinajstić information content (AvgIpc) is 2.48. The topological polar surface area (TPSA) is 83.6 Å². The molecule has 0 unspecified atom stereocenters. The fourth-order valence-corrected chi connectivity index (χ4v) is 3.03. The van der Waals surface area contributed by atoms with Crippen LogP contribution in [0.3, 0.4) is 0 Å². The zero-order valence-electron chi connectivity index (χ0n) is 11.4. The molecule has 0 aromatic heterocycles. The summed E-state index contributed by atoms with van der Waals surface area (Å²) in [5.41, 5.74) is 5.48. The van der Waals surface area contributed by atoms with Crippen molar-refractivity contribution in [2.24, 2.45) is 5.92 Å². The first kappa shape index (κ1) is 15.6. The maximum absolute atomic E-state index is 13.3. The number of carboxylic acid groups (broad SMARTS) is 1. The van der Waals surface area contributed by atoms with E-state index in [1.165, 1.54) is 23.9 Å². The Morgan fingerprint density at radius 2 is 2.05 bits per heavy atom. The normalized spacial score (nSPS) is 16.0. The number of carboxylic acids is 1. The summed E-state index contributed by atoms with van der Waals surface area (Å²) in [4.78, 5) is 25.2. The minimum Gasteiger partial charge on any atom is -0.481 e. The Labute approximate surface area is 126 Å². The van der Waals surface area contributed by atoms with Gasteiger partial charge in [-0.05, 0) is 31.0 Å². The van der Waals surface area contributed by atoms with Gasteiger partial charge in [0.25, 0.3) is 0 Å². The molecule has 1 aromatic rings. The van der Waals surface area contributed by atoms with E-state index in [0.717, 1.165) is 0 Å². The summed E-state index contributed by atoms with van der Waals surface area (Å²) >= 11 is 1.25. The molecule has 0 saturated carbocycles. The van der Waals surface area contributed by atoms with Crippen LogP contribution in [0.5, 0.6) is 0 Å². The number of hydrogen-bond acceptors (Lipinski definition) is 4. The number of halogens is 1. The SMILES string of the molecule is Nc1ccc(SCC(=O)N2CCC(C(=O)O)CC2)cc1F. The van der Waals surface area contributed by atoms with E-state index in [1.807, 2.05) is 0 Å². The number of thioether (sulfide) groups is 1. The Bertz CT molecular complexity index is 545. The lowest BCUT2D eigenvalue weighted by atomic mass is 9.97. The second kappa shape index (κ2) is 6.80. The van der Waals surface area contributed by atoms with Gasteiger partial charge in [0.05, 0.1) is 17.4 Å². The standard InChI is InChI=1S/C14H17FN2O3S/c15-11-7-10(1-2-12(11)16)21-8-13(18)17-5-3-9(4-6-17)14(19)20/h1-2,7,9H,3-6,8,16H2,(H,19,20). The molecule has 1 fully saturated rings. The summed E-state index contributed by atoms with van der Waals surface area (Å²) in [5.74, 6) is -1.49. The van der Waals surface area contributed by atoms with Crippen molar-refractivity contribution in [1.82, 2.24) is 4.90 Å². The maximum atomic E-state index is 13.3. The van der Waals surface area contributed by atoms with E-state index in [-0.39, 0.29) is 23.3 Å². The molecule has 2 rings (SSSR count). The Balaban J connectivity index is 1.82. The number of likely N-dealkylation sites (tertiary alicyclic amines) is 1. The molecule has 114 valence electrons. The Kier molecular flexibility index (Phi) is 5.06. The second-order valence-corrected chi connectivity index (χ2v) is 6.01. The summed E-state index contributed by atoms with van der Waals surface area (Å²) in [6.45, 7) is 0.929. The van der Waals surface area contributed by atoms with Gasteiger partial charge in [-0.2, -0.15) is 0 Å². The summed E-state index contributed by atoms with van der Waals surface area (Å²) in [7, 11) is 0. The third-order valence-electron chi connectivity index (χ3n) is 3.53. The molecule has 5 nitrogen and oxygen atoms in total. The zero-order valence-corrected chi connectivity index (χ0v) is 12.2. The van der Waals surface area contributed by atoms with Crippen LogP contribution in [0.4, 0.5) is 10.1 Å². The van der Waals surface area contributed by atoms with Crippen molar-refractivity contribution < 1.29 is 19.1 Å². The van der Waals surface area contributed by atoms with E-state index in [0.29, 0.717) is 30.8 Å². The first-order valence-corrected chi connectivity index (χ1v) is 7.64. The smallest absolute Gasteiger partial charge is 0.306 e. The number of nitrogen functional groups attached to an aromatic ring is 1. The van der Waals surface area contributed by atoms with Gasteiger partial charge in [0.15, 0.2) is 0 Å². The van der Waals surface area contributed by atoms with Gasteiger partial charge < -0.3 is 15.7 Å². The Morgan fingerprint density at radius 1 is 1.38 bits per heavy atom. The molecule has 3 N–H and O–H groups in total. The number of hydrogen-bond donors (Lipinski definition) is 2. The van der Waals surface area contributed by atoms with Crippen LogP contribution in [0.15, 0.2) is 23.1 Å². The number of amides is 1. The van der Waals surface area contributed by atoms with Crippen LogP contribution in [-0.4, -0.2) is 40.7 Å². The number of piperidine rings is 1. The van der Waals surface area contributed by atoms with Crippen LogP contribution in [0.1, 0.15) is 12.8 Å². The monoisotopic (exact) mass is 312 g/mol. The number of benzene rings is 1. The molecule has 1 amide bonds. The molecule has 0 aliphatic carbocycles. The lowest BCUT2D eigenvalue weighted by Gasteiger charge is -2.30. The minimum absolute atomic E-state index is 0.0546. The van der Waals surface area contributed by atoms with Crippen molar-refractivity contribution in [3.8, 4) is 0 Å². The number of carbonyl (C=O) groups is 2. The van der Waals surface area contributed by atoms with Crippen LogP contribution >= 0.6 is 11.8 Å². The van der Waals surface area contributed by atoms with Crippen molar-refractivity contribution in [2.45, 2.75) is 17.7 Å². The molecular weight excluding hydrogens is 295 g/mol. The molecule has 0 atom stereocenters. The molecule has 0 radical (unpaired) electrons. The lowest BCUT2D eigenvalue weighted by molar-refractivity contribution is -0.145. The van der Waals surface area contributed by atoms with Gasteiger partial charge in [-0.15, -0.1) is 11.8 Å². The van der Waals surface area contributed by atoms with Crippen molar-refractivity contribution >= 4 is 29.3 Å².